The number of ether oxygens (including phenoxy) is 1. The van der Waals surface area contributed by atoms with Crippen molar-refractivity contribution in [2.75, 3.05) is 12.5 Å². The van der Waals surface area contributed by atoms with Crippen molar-refractivity contribution < 1.29 is 15.0 Å². The largest absolute Gasteiger partial charge is 0.465 e. The van der Waals surface area contributed by atoms with Crippen LogP contribution in [-0.2, 0) is 9.53 Å². The number of hydrogen-bond acceptors (Lipinski definition) is 2. The Kier molecular flexibility index (Phi) is 10.8. The minimum atomic E-state index is -0.329. The van der Waals surface area contributed by atoms with E-state index < -0.39 is 0 Å². The van der Waals surface area contributed by atoms with Gasteiger partial charge in [0.15, 0.2) is 0 Å². The summed E-state index contributed by atoms with van der Waals surface area (Å²) in [4.78, 5) is 10.3. The lowest BCUT2D eigenvalue weighted by Crippen LogP contribution is -2.06. The van der Waals surface area contributed by atoms with Crippen LogP contribution in [0.5, 0.6) is 0 Å². The summed E-state index contributed by atoms with van der Waals surface area (Å²) in [5, 5.41) is 0. The topological polar surface area (TPSA) is 57.8 Å². The van der Waals surface area contributed by atoms with Crippen LogP contribution in [0.3, 0.4) is 0 Å². The van der Waals surface area contributed by atoms with Crippen LogP contribution in [0.1, 0.15) is 19.8 Å². The van der Waals surface area contributed by atoms with E-state index in [9.17, 15) is 4.79 Å². The lowest BCUT2D eigenvalue weighted by molar-refractivity contribution is -0.140. The number of halogens is 1. The summed E-state index contributed by atoms with van der Waals surface area (Å²) < 4.78 is 4.66. The minimum Gasteiger partial charge on any atom is -0.465 e. The first-order valence-electron chi connectivity index (χ1n) is 3.02. The fraction of sp³-hybridized carbons (Fsp3) is 0.833. The molecule has 0 saturated heterocycles. The highest BCUT2D eigenvalue weighted by atomic mass is 35.5. The third-order valence-electron chi connectivity index (χ3n) is 0.870. The van der Waals surface area contributed by atoms with Crippen molar-refractivity contribution in [2.24, 2.45) is 0 Å². The molecule has 0 saturated carbocycles. The zero-order valence-corrected chi connectivity index (χ0v) is 6.78. The second-order valence-electron chi connectivity index (χ2n) is 1.71. The standard InChI is InChI=1S/C6H11ClO2.H2O/c1-2-3-4-9-6(8)5-7;/h2-5H2,1H3;1H2. The summed E-state index contributed by atoms with van der Waals surface area (Å²) in [6, 6.07) is 0. The van der Waals surface area contributed by atoms with E-state index in [-0.39, 0.29) is 17.3 Å². The van der Waals surface area contributed by atoms with Crippen molar-refractivity contribution in [1.29, 1.82) is 0 Å². The Labute approximate surface area is 65.6 Å². The fourth-order valence-electron chi connectivity index (χ4n) is 0.369. The second kappa shape index (κ2) is 8.72. The van der Waals surface area contributed by atoms with E-state index >= 15 is 0 Å². The van der Waals surface area contributed by atoms with Gasteiger partial charge in [-0.15, -0.1) is 11.6 Å². The van der Waals surface area contributed by atoms with Crippen LogP contribution < -0.4 is 0 Å². The van der Waals surface area contributed by atoms with E-state index in [4.69, 9.17) is 11.6 Å². The maximum absolute atomic E-state index is 10.3. The molecule has 0 aliphatic carbocycles. The van der Waals surface area contributed by atoms with Crippen molar-refractivity contribution in [3.8, 4) is 0 Å². The average Bonchev–Trinajstić information content (AvgIpc) is 1.89. The van der Waals surface area contributed by atoms with Gasteiger partial charge in [-0.3, -0.25) is 4.79 Å². The van der Waals surface area contributed by atoms with Gasteiger partial charge in [-0.2, -0.15) is 0 Å². The molecule has 4 heteroatoms. The highest BCUT2D eigenvalue weighted by Gasteiger charge is 1.96. The summed E-state index contributed by atoms with van der Waals surface area (Å²) in [6.45, 7) is 2.54. The first-order chi connectivity index (χ1) is 4.31. The molecule has 0 aliphatic heterocycles. The molecule has 0 bridgehead atoms. The van der Waals surface area contributed by atoms with Crippen LogP contribution in [-0.4, -0.2) is 23.9 Å². The van der Waals surface area contributed by atoms with Gasteiger partial charge < -0.3 is 10.2 Å². The van der Waals surface area contributed by atoms with Crippen molar-refractivity contribution in [3.05, 3.63) is 0 Å². The van der Waals surface area contributed by atoms with Crippen LogP contribution >= 0.6 is 11.6 Å². The van der Waals surface area contributed by atoms with Gasteiger partial charge in [-0.05, 0) is 6.42 Å². The molecule has 0 unspecified atom stereocenters. The summed E-state index contributed by atoms with van der Waals surface area (Å²) in [5.41, 5.74) is 0. The maximum atomic E-state index is 10.3. The maximum Gasteiger partial charge on any atom is 0.320 e. The molecule has 0 amide bonds. The van der Waals surface area contributed by atoms with Crippen LogP contribution in [0.2, 0.25) is 0 Å². The summed E-state index contributed by atoms with van der Waals surface area (Å²) in [6.07, 6.45) is 1.96. The van der Waals surface area contributed by atoms with E-state index in [0.29, 0.717) is 6.61 Å². The Hall–Kier alpha value is -0.280. The molecule has 0 aromatic heterocycles. The van der Waals surface area contributed by atoms with E-state index in [2.05, 4.69) is 4.74 Å². The van der Waals surface area contributed by atoms with Gasteiger partial charge in [-0.25, -0.2) is 0 Å². The molecule has 0 aromatic carbocycles. The second-order valence-corrected chi connectivity index (χ2v) is 1.97. The number of carbonyl (C=O) groups excluding carboxylic acids is 1. The van der Waals surface area contributed by atoms with Crippen molar-refractivity contribution >= 4 is 17.6 Å². The molecular weight excluding hydrogens is 156 g/mol. The number of unbranched alkanes of at least 4 members (excludes halogenated alkanes) is 1. The summed E-state index contributed by atoms with van der Waals surface area (Å²) in [7, 11) is 0. The Morgan fingerprint density at radius 1 is 1.60 bits per heavy atom. The molecule has 62 valence electrons. The molecule has 0 heterocycles. The lowest BCUT2D eigenvalue weighted by Gasteiger charge is -1.98. The third-order valence-corrected chi connectivity index (χ3v) is 1.09. The van der Waals surface area contributed by atoms with E-state index in [1.165, 1.54) is 0 Å². The number of rotatable bonds is 4. The Morgan fingerprint density at radius 2 is 2.20 bits per heavy atom. The minimum absolute atomic E-state index is 0. The predicted molar refractivity (Wildman–Crippen MR) is 40.2 cm³/mol. The molecule has 0 aliphatic rings. The van der Waals surface area contributed by atoms with E-state index in [1.807, 2.05) is 6.92 Å². The average molecular weight is 169 g/mol. The van der Waals surface area contributed by atoms with Gasteiger partial charge in [0.2, 0.25) is 0 Å². The molecule has 10 heavy (non-hydrogen) atoms. The van der Waals surface area contributed by atoms with Gasteiger partial charge in [0.1, 0.15) is 5.88 Å². The third kappa shape index (κ3) is 7.72. The Morgan fingerprint density at radius 3 is 2.60 bits per heavy atom. The van der Waals surface area contributed by atoms with Crippen molar-refractivity contribution in [3.63, 3.8) is 0 Å². The van der Waals surface area contributed by atoms with Crippen LogP contribution in [0.25, 0.3) is 0 Å². The Balaban J connectivity index is 0. The molecule has 0 aromatic rings. The lowest BCUT2D eigenvalue weighted by atomic mass is 10.4. The van der Waals surface area contributed by atoms with E-state index in [1.54, 1.807) is 0 Å². The molecule has 0 rings (SSSR count). The van der Waals surface area contributed by atoms with Gasteiger partial charge >= 0.3 is 5.97 Å². The van der Waals surface area contributed by atoms with Crippen molar-refractivity contribution in [1.82, 2.24) is 0 Å². The molecule has 3 nitrogen and oxygen atoms in total. The number of alkyl halides is 1. The van der Waals surface area contributed by atoms with Crippen LogP contribution in [0, 0.1) is 0 Å². The predicted octanol–water partition coefficient (Wildman–Crippen LogP) is 0.744. The van der Waals surface area contributed by atoms with Crippen LogP contribution in [0.15, 0.2) is 0 Å². The highest BCUT2D eigenvalue weighted by Crippen LogP contribution is 1.89. The van der Waals surface area contributed by atoms with Crippen LogP contribution in [0.4, 0.5) is 0 Å². The smallest absolute Gasteiger partial charge is 0.320 e. The quantitative estimate of drug-likeness (QED) is 0.353. The zero-order chi connectivity index (χ0) is 7.11. The SMILES string of the molecule is CCCCOC(=O)CCl.O. The van der Waals surface area contributed by atoms with Gasteiger partial charge in [0, 0.05) is 0 Å². The fourth-order valence-corrected chi connectivity index (χ4v) is 0.446. The monoisotopic (exact) mass is 168 g/mol. The molecule has 0 atom stereocenters. The molecule has 0 spiro atoms. The molecular formula is C6H13ClO3. The summed E-state index contributed by atoms with van der Waals surface area (Å²) in [5.74, 6) is -0.367. The molecule has 2 N–H and O–H groups in total. The van der Waals surface area contributed by atoms with Gasteiger partial charge in [0.25, 0.3) is 0 Å². The zero-order valence-electron chi connectivity index (χ0n) is 6.02. The summed E-state index contributed by atoms with van der Waals surface area (Å²) >= 11 is 5.16. The normalized spacial score (nSPS) is 8.20. The first-order valence-corrected chi connectivity index (χ1v) is 3.56. The molecule has 0 radical (unpaired) electrons. The number of esters is 1. The van der Waals surface area contributed by atoms with Crippen molar-refractivity contribution in [2.45, 2.75) is 19.8 Å². The van der Waals surface area contributed by atoms with Gasteiger partial charge in [-0.1, -0.05) is 13.3 Å². The molecule has 0 fully saturated rings. The Bertz CT molecular complexity index is 85.1. The van der Waals surface area contributed by atoms with Gasteiger partial charge in [0.05, 0.1) is 6.61 Å². The highest BCUT2D eigenvalue weighted by molar-refractivity contribution is 6.26. The number of carbonyl (C=O) groups is 1. The van der Waals surface area contributed by atoms with E-state index in [0.717, 1.165) is 12.8 Å². The number of hydrogen-bond donors (Lipinski definition) is 0. The first kappa shape index (κ1) is 12.4.